The maximum atomic E-state index is 12.9. The minimum absolute atomic E-state index is 0.202. The summed E-state index contributed by atoms with van der Waals surface area (Å²) >= 11 is 0. The third-order valence-electron chi connectivity index (χ3n) is 4.09. The molecular weight excluding hydrogens is 279 g/mol. The van der Waals surface area contributed by atoms with Gasteiger partial charge >= 0.3 is 6.18 Å². The van der Waals surface area contributed by atoms with Crippen LogP contribution in [0, 0.1) is 0 Å². The molecule has 1 atom stereocenters. The molecule has 1 unspecified atom stereocenters. The monoisotopic (exact) mass is 301 g/mol. The second kappa shape index (κ2) is 6.64. The van der Waals surface area contributed by atoms with E-state index < -0.39 is 11.9 Å². The zero-order valence-electron chi connectivity index (χ0n) is 12.3. The number of hydrogen-bond donors (Lipinski definition) is 1. The van der Waals surface area contributed by atoms with Crippen LogP contribution in [-0.4, -0.2) is 17.6 Å². The van der Waals surface area contributed by atoms with Crippen molar-refractivity contribution in [3.63, 3.8) is 0 Å². The molecule has 1 aliphatic heterocycles. The van der Waals surface area contributed by atoms with Gasteiger partial charge in [-0.2, -0.15) is 13.2 Å². The van der Waals surface area contributed by atoms with E-state index in [9.17, 15) is 13.2 Å². The molecular formula is C15H22F3N3. The Hall–Kier alpha value is -1.30. The summed E-state index contributed by atoms with van der Waals surface area (Å²) < 4.78 is 38.8. The van der Waals surface area contributed by atoms with E-state index >= 15 is 0 Å². The van der Waals surface area contributed by atoms with Gasteiger partial charge in [-0.3, -0.25) is 0 Å². The largest absolute Gasteiger partial charge is 0.433 e. The molecule has 0 spiro atoms. The van der Waals surface area contributed by atoms with Crippen molar-refractivity contribution >= 4 is 5.82 Å². The molecule has 6 heteroatoms. The summed E-state index contributed by atoms with van der Waals surface area (Å²) in [6.07, 6.45) is 0.699. The van der Waals surface area contributed by atoms with Gasteiger partial charge in [-0.15, -0.1) is 0 Å². The number of aromatic nitrogens is 1. The van der Waals surface area contributed by atoms with Gasteiger partial charge in [-0.05, 0) is 25.3 Å². The minimum atomic E-state index is -4.42. The number of pyridine rings is 1. The molecule has 0 bridgehead atoms. The van der Waals surface area contributed by atoms with Gasteiger partial charge in [0.15, 0.2) is 0 Å². The van der Waals surface area contributed by atoms with E-state index in [1.165, 1.54) is 6.07 Å². The summed E-state index contributed by atoms with van der Waals surface area (Å²) in [4.78, 5) is 5.93. The molecule has 3 nitrogen and oxygen atoms in total. The van der Waals surface area contributed by atoms with Crippen LogP contribution < -0.4 is 10.6 Å². The highest BCUT2D eigenvalue weighted by atomic mass is 19.4. The first kappa shape index (κ1) is 16.1. The Morgan fingerprint density at radius 1 is 1.29 bits per heavy atom. The van der Waals surface area contributed by atoms with Crippen LogP contribution in [0.1, 0.15) is 50.3 Å². The Morgan fingerprint density at radius 2 is 2.05 bits per heavy atom. The molecule has 1 fully saturated rings. The molecule has 0 radical (unpaired) electrons. The average Bonchev–Trinajstić information content (AvgIpc) is 2.70. The molecule has 21 heavy (non-hydrogen) atoms. The van der Waals surface area contributed by atoms with Crippen molar-refractivity contribution in [1.29, 1.82) is 0 Å². The second-order valence-corrected chi connectivity index (χ2v) is 5.49. The number of nitrogens with zero attached hydrogens (tertiary/aromatic N) is 2. The highest BCUT2D eigenvalue weighted by Gasteiger charge is 2.34. The van der Waals surface area contributed by atoms with Crippen LogP contribution in [0.5, 0.6) is 0 Å². The predicted molar refractivity (Wildman–Crippen MR) is 77.0 cm³/mol. The number of halogens is 3. The highest BCUT2D eigenvalue weighted by Crippen LogP contribution is 2.32. The summed E-state index contributed by atoms with van der Waals surface area (Å²) in [5, 5.41) is 0. The number of nitrogens with two attached hydrogens (primary N) is 1. The fourth-order valence-electron chi connectivity index (χ4n) is 2.92. The first-order chi connectivity index (χ1) is 9.97. The lowest BCUT2D eigenvalue weighted by atomic mass is 10.1. The summed E-state index contributed by atoms with van der Waals surface area (Å²) in [5.41, 5.74) is 5.54. The van der Waals surface area contributed by atoms with Crippen LogP contribution in [0.4, 0.5) is 19.0 Å². The zero-order valence-corrected chi connectivity index (χ0v) is 12.3. The molecule has 2 rings (SSSR count). The smallest absolute Gasteiger partial charge is 0.353 e. The minimum Gasteiger partial charge on any atom is -0.353 e. The Labute approximate surface area is 123 Å². The number of rotatable bonds is 3. The molecule has 2 heterocycles. The Bertz CT molecular complexity index is 474. The van der Waals surface area contributed by atoms with Crippen molar-refractivity contribution < 1.29 is 13.2 Å². The topological polar surface area (TPSA) is 42.2 Å². The third-order valence-corrected chi connectivity index (χ3v) is 4.09. The first-order valence-corrected chi connectivity index (χ1v) is 7.51. The predicted octanol–water partition coefficient (Wildman–Crippen LogP) is 3.72. The molecule has 0 aromatic carbocycles. The Balaban J connectivity index is 2.43. The van der Waals surface area contributed by atoms with Gasteiger partial charge in [0.2, 0.25) is 0 Å². The van der Waals surface area contributed by atoms with Gasteiger partial charge < -0.3 is 10.6 Å². The van der Waals surface area contributed by atoms with Crippen molar-refractivity contribution in [3.8, 4) is 0 Å². The maximum absolute atomic E-state index is 12.9. The van der Waals surface area contributed by atoms with Crippen LogP contribution in [-0.2, 0) is 12.7 Å². The Morgan fingerprint density at radius 3 is 2.67 bits per heavy atom. The fraction of sp³-hybridized carbons (Fsp3) is 0.667. The van der Waals surface area contributed by atoms with E-state index in [-0.39, 0.29) is 12.6 Å². The molecule has 1 aliphatic rings. The standard InChI is InChI=1S/C15H22F3N3/c1-2-12-6-4-3-5-9-21(12)14-11(10-19)7-8-13(20-14)15(16,17)18/h7-8,12H,2-6,9-10,19H2,1H3. The SMILES string of the molecule is CCC1CCCCCN1c1nc(C(F)(F)F)ccc1CN. The molecule has 1 saturated heterocycles. The van der Waals surface area contributed by atoms with Crippen LogP contribution in [0.25, 0.3) is 0 Å². The average molecular weight is 301 g/mol. The summed E-state index contributed by atoms with van der Waals surface area (Å²) in [6.45, 7) is 3.02. The Kier molecular flexibility index (Phi) is 5.08. The van der Waals surface area contributed by atoms with Crippen molar-refractivity contribution in [1.82, 2.24) is 4.98 Å². The normalized spacial score (nSPS) is 20.4. The number of alkyl halides is 3. The van der Waals surface area contributed by atoms with E-state index in [1.54, 1.807) is 0 Å². The molecule has 2 N–H and O–H groups in total. The number of hydrogen-bond acceptors (Lipinski definition) is 3. The molecule has 0 saturated carbocycles. The van der Waals surface area contributed by atoms with Crippen molar-refractivity contribution in [3.05, 3.63) is 23.4 Å². The number of anilines is 1. The summed E-state index contributed by atoms with van der Waals surface area (Å²) in [6, 6.07) is 2.72. The van der Waals surface area contributed by atoms with Crippen molar-refractivity contribution in [2.45, 2.75) is 57.8 Å². The first-order valence-electron chi connectivity index (χ1n) is 7.51. The lowest BCUT2D eigenvalue weighted by molar-refractivity contribution is -0.141. The molecule has 1 aromatic rings. The van der Waals surface area contributed by atoms with Gasteiger partial charge in [-0.25, -0.2) is 4.98 Å². The lowest BCUT2D eigenvalue weighted by Gasteiger charge is -2.32. The molecule has 0 amide bonds. The third kappa shape index (κ3) is 3.67. The van der Waals surface area contributed by atoms with Gasteiger partial charge in [0.05, 0.1) is 0 Å². The fourth-order valence-corrected chi connectivity index (χ4v) is 2.92. The van der Waals surface area contributed by atoms with E-state index in [4.69, 9.17) is 5.73 Å². The lowest BCUT2D eigenvalue weighted by Crippen LogP contribution is -2.36. The van der Waals surface area contributed by atoms with E-state index in [2.05, 4.69) is 11.9 Å². The van der Waals surface area contributed by atoms with Crippen LogP contribution in [0.2, 0.25) is 0 Å². The van der Waals surface area contributed by atoms with E-state index in [0.29, 0.717) is 11.4 Å². The molecule has 0 aliphatic carbocycles. The van der Waals surface area contributed by atoms with Gasteiger partial charge in [0, 0.05) is 24.7 Å². The maximum Gasteiger partial charge on any atom is 0.433 e. The molecule has 1 aromatic heterocycles. The summed E-state index contributed by atoms with van der Waals surface area (Å²) in [5.74, 6) is 0.418. The van der Waals surface area contributed by atoms with Crippen molar-refractivity contribution in [2.75, 3.05) is 11.4 Å². The van der Waals surface area contributed by atoms with Crippen LogP contribution >= 0.6 is 0 Å². The van der Waals surface area contributed by atoms with E-state index in [0.717, 1.165) is 44.7 Å². The van der Waals surface area contributed by atoms with Gasteiger partial charge in [0.25, 0.3) is 0 Å². The van der Waals surface area contributed by atoms with E-state index in [1.807, 2.05) is 4.90 Å². The van der Waals surface area contributed by atoms with Gasteiger partial charge in [-0.1, -0.05) is 25.8 Å². The quantitative estimate of drug-likeness (QED) is 0.925. The molecule has 118 valence electrons. The zero-order chi connectivity index (χ0) is 15.5. The second-order valence-electron chi connectivity index (χ2n) is 5.49. The van der Waals surface area contributed by atoms with Crippen molar-refractivity contribution in [2.24, 2.45) is 5.73 Å². The highest BCUT2D eigenvalue weighted by molar-refractivity contribution is 5.49. The van der Waals surface area contributed by atoms with Crippen LogP contribution in [0.15, 0.2) is 12.1 Å². The summed E-state index contributed by atoms with van der Waals surface area (Å²) in [7, 11) is 0. The van der Waals surface area contributed by atoms with Gasteiger partial charge in [0.1, 0.15) is 11.5 Å². The van der Waals surface area contributed by atoms with Crippen LogP contribution in [0.3, 0.4) is 0 Å².